The standard InChI is InChI=1S/C15H23ClN2O3S/c1-12(2)7-9-17-15(19)8-10-18(22(3,20)21)14-6-4-5-13(16)11-14/h4-6,11-12H,7-10H2,1-3H3,(H,17,19). The Morgan fingerprint density at radius 3 is 2.59 bits per heavy atom. The van der Waals surface area contributed by atoms with Crippen molar-refractivity contribution in [3.05, 3.63) is 29.3 Å². The summed E-state index contributed by atoms with van der Waals surface area (Å²) in [7, 11) is -3.47. The number of halogens is 1. The summed E-state index contributed by atoms with van der Waals surface area (Å²) in [5.74, 6) is 0.357. The van der Waals surface area contributed by atoms with Gasteiger partial charge in [-0.3, -0.25) is 9.10 Å². The van der Waals surface area contributed by atoms with Crippen LogP contribution in [-0.4, -0.2) is 33.7 Å². The SMILES string of the molecule is CC(C)CCNC(=O)CCN(c1cccc(Cl)c1)S(C)(=O)=O. The van der Waals surface area contributed by atoms with Crippen molar-refractivity contribution < 1.29 is 13.2 Å². The molecule has 0 bridgehead atoms. The van der Waals surface area contributed by atoms with Gasteiger partial charge >= 0.3 is 0 Å². The molecule has 0 spiro atoms. The number of benzene rings is 1. The predicted molar refractivity (Wildman–Crippen MR) is 90.7 cm³/mol. The van der Waals surface area contributed by atoms with E-state index in [1.165, 1.54) is 4.31 Å². The topological polar surface area (TPSA) is 66.5 Å². The van der Waals surface area contributed by atoms with Gasteiger partial charge in [-0.15, -0.1) is 0 Å². The Labute approximate surface area is 137 Å². The Kier molecular flexibility index (Phi) is 7.16. The molecular formula is C15H23ClN2O3S. The highest BCUT2D eigenvalue weighted by Crippen LogP contribution is 2.21. The molecule has 0 saturated carbocycles. The second-order valence-corrected chi connectivity index (χ2v) is 7.94. The van der Waals surface area contributed by atoms with Gasteiger partial charge in [0.25, 0.3) is 0 Å². The van der Waals surface area contributed by atoms with Crippen molar-refractivity contribution in [1.82, 2.24) is 5.32 Å². The van der Waals surface area contributed by atoms with E-state index in [9.17, 15) is 13.2 Å². The van der Waals surface area contributed by atoms with Crippen molar-refractivity contribution in [3.63, 3.8) is 0 Å². The molecule has 7 heteroatoms. The molecular weight excluding hydrogens is 324 g/mol. The molecule has 0 aromatic heterocycles. The lowest BCUT2D eigenvalue weighted by atomic mass is 10.1. The Hall–Kier alpha value is -1.27. The Bertz CT molecular complexity index is 603. The molecule has 1 aromatic carbocycles. The molecule has 1 aromatic rings. The van der Waals surface area contributed by atoms with Gasteiger partial charge in [-0.25, -0.2) is 8.42 Å². The van der Waals surface area contributed by atoms with Gasteiger partial charge in [0.1, 0.15) is 0 Å². The van der Waals surface area contributed by atoms with E-state index in [1.807, 2.05) is 0 Å². The first-order valence-corrected chi connectivity index (χ1v) is 9.42. The minimum Gasteiger partial charge on any atom is -0.356 e. The molecule has 5 nitrogen and oxygen atoms in total. The van der Waals surface area contributed by atoms with Crippen molar-refractivity contribution in [1.29, 1.82) is 0 Å². The van der Waals surface area contributed by atoms with Gasteiger partial charge in [-0.05, 0) is 30.5 Å². The zero-order chi connectivity index (χ0) is 16.8. The fraction of sp³-hybridized carbons (Fsp3) is 0.533. The molecule has 124 valence electrons. The monoisotopic (exact) mass is 346 g/mol. The minimum absolute atomic E-state index is 0.0900. The number of sulfonamides is 1. The Balaban J connectivity index is 2.66. The number of carbonyl (C=O) groups excluding carboxylic acids is 1. The smallest absolute Gasteiger partial charge is 0.232 e. The third-order valence-corrected chi connectivity index (χ3v) is 4.51. The molecule has 1 rings (SSSR count). The van der Waals surface area contributed by atoms with Gasteiger partial charge < -0.3 is 5.32 Å². The average molecular weight is 347 g/mol. The number of nitrogens with one attached hydrogen (secondary N) is 1. The molecule has 0 aliphatic heterocycles. The van der Waals surface area contributed by atoms with E-state index in [2.05, 4.69) is 19.2 Å². The van der Waals surface area contributed by atoms with Gasteiger partial charge in [0.2, 0.25) is 15.9 Å². The fourth-order valence-electron chi connectivity index (χ4n) is 1.91. The minimum atomic E-state index is -3.47. The molecule has 0 radical (unpaired) electrons. The lowest BCUT2D eigenvalue weighted by Crippen LogP contribution is -2.35. The number of carbonyl (C=O) groups is 1. The number of hydrogen-bond donors (Lipinski definition) is 1. The third-order valence-electron chi connectivity index (χ3n) is 3.08. The summed E-state index contributed by atoms with van der Waals surface area (Å²) in [5, 5.41) is 3.25. The van der Waals surface area contributed by atoms with E-state index in [0.29, 0.717) is 23.2 Å². The van der Waals surface area contributed by atoms with E-state index in [-0.39, 0.29) is 18.9 Å². The normalized spacial score (nSPS) is 11.5. The van der Waals surface area contributed by atoms with Crippen LogP contribution in [0.5, 0.6) is 0 Å². The quantitative estimate of drug-likeness (QED) is 0.787. The van der Waals surface area contributed by atoms with E-state index >= 15 is 0 Å². The van der Waals surface area contributed by atoms with Crippen molar-refractivity contribution in [2.45, 2.75) is 26.7 Å². The molecule has 0 saturated heterocycles. The van der Waals surface area contributed by atoms with E-state index in [0.717, 1.165) is 12.7 Å². The van der Waals surface area contributed by atoms with Gasteiger partial charge in [-0.1, -0.05) is 31.5 Å². The highest BCUT2D eigenvalue weighted by molar-refractivity contribution is 7.92. The Morgan fingerprint density at radius 1 is 1.36 bits per heavy atom. The van der Waals surface area contributed by atoms with Crippen LogP contribution in [0.25, 0.3) is 0 Å². The summed E-state index contributed by atoms with van der Waals surface area (Å²) in [6.07, 6.45) is 2.12. The van der Waals surface area contributed by atoms with Crippen molar-refractivity contribution in [3.8, 4) is 0 Å². The molecule has 0 aliphatic carbocycles. The Morgan fingerprint density at radius 2 is 2.05 bits per heavy atom. The van der Waals surface area contributed by atoms with Gasteiger partial charge in [0.15, 0.2) is 0 Å². The average Bonchev–Trinajstić information content (AvgIpc) is 2.37. The van der Waals surface area contributed by atoms with Crippen LogP contribution in [0.15, 0.2) is 24.3 Å². The second kappa shape index (κ2) is 8.39. The van der Waals surface area contributed by atoms with Crippen LogP contribution in [-0.2, 0) is 14.8 Å². The molecule has 0 atom stereocenters. The summed E-state index contributed by atoms with van der Waals surface area (Å²) < 4.78 is 25.0. The zero-order valence-corrected chi connectivity index (χ0v) is 14.7. The highest BCUT2D eigenvalue weighted by Gasteiger charge is 2.18. The maximum atomic E-state index is 11.9. The number of amides is 1. The first-order valence-electron chi connectivity index (χ1n) is 7.20. The van der Waals surface area contributed by atoms with Crippen LogP contribution in [0, 0.1) is 5.92 Å². The number of rotatable bonds is 8. The van der Waals surface area contributed by atoms with E-state index in [4.69, 9.17) is 11.6 Å². The number of anilines is 1. The van der Waals surface area contributed by atoms with Crippen LogP contribution in [0.4, 0.5) is 5.69 Å². The van der Waals surface area contributed by atoms with E-state index < -0.39 is 10.0 Å². The second-order valence-electron chi connectivity index (χ2n) is 5.60. The molecule has 0 heterocycles. The molecule has 1 amide bonds. The van der Waals surface area contributed by atoms with Gasteiger partial charge in [0.05, 0.1) is 11.9 Å². The fourth-order valence-corrected chi connectivity index (χ4v) is 3.01. The van der Waals surface area contributed by atoms with E-state index in [1.54, 1.807) is 24.3 Å². The third kappa shape index (κ3) is 6.66. The summed E-state index contributed by atoms with van der Waals surface area (Å²) >= 11 is 5.90. The van der Waals surface area contributed by atoms with Crippen LogP contribution >= 0.6 is 11.6 Å². The number of hydrogen-bond acceptors (Lipinski definition) is 3. The van der Waals surface area contributed by atoms with Crippen LogP contribution in [0.3, 0.4) is 0 Å². The van der Waals surface area contributed by atoms with Crippen molar-refractivity contribution >= 4 is 33.2 Å². The molecule has 0 fully saturated rings. The summed E-state index contributed by atoms with van der Waals surface area (Å²) in [6, 6.07) is 6.57. The van der Waals surface area contributed by atoms with Crippen molar-refractivity contribution in [2.24, 2.45) is 5.92 Å². The van der Waals surface area contributed by atoms with Gasteiger partial charge in [0, 0.05) is 24.5 Å². The largest absolute Gasteiger partial charge is 0.356 e. The summed E-state index contributed by atoms with van der Waals surface area (Å²) in [4.78, 5) is 11.8. The molecule has 22 heavy (non-hydrogen) atoms. The van der Waals surface area contributed by atoms with Gasteiger partial charge in [-0.2, -0.15) is 0 Å². The first kappa shape index (κ1) is 18.8. The molecule has 0 unspecified atom stereocenters. The van der Waals surface area contributed by atoms with Crippen LogP contribution < -0.4 is 9.62 Å². The predicted octanol–water partition coefficient (Wildman–Crippen LogP) is 2.66. The zero-order valence-electron chi connectivity index (χ0n) is 13.2. The maximum Gasteiger partial charge on any atom is 0.232 e. The first-order chi connectivity index (χ1) is 10.2. The number of nitrogens with zero attached hydrogens (tertiary/aromatic N) is 1. The summed E-state index contributed by atoms with van der Waals surface area (Å²) in [5.41, 5.74) is 0.463. The van der Waals surface area contributed by atoms with Crippen molar-refractivity contribution in [2.75, 3.05) is 23.7 Å². The molecule has 1 N–H and O–H groups in total. The lowest BCUT2D eigenvalue weighted by molar-refractivity contribution is -0.120. The maximum absolute atomic E-state index is 11.9. The van der Waals surface area contributed by atoms with Crippen LogP contribution in [0.2, 0.25) is 5.02 Å². The summed E-state index contributed by atoms with van der Waals surface area (Å²) in [6.45, 7) is 4.85. The highest BCUT2D eigenvalue weighted by atomic mass is 35.5. The lowest BCUT2D eigenvalue weighted by Gasteiger charge is -2.22. The molecule has 0 aliphatic rings. The van der Waals surface area contributed by atoms with Crippen LogP contribution in [0.1, 0.15) is 26.7 Å².